The molecule has 1 heterocycles. The molecule has 0 unspecified atom stereocenters. The van der Waals surface area contributed by atoms with Crippen LogP contribution in [0.4, 0.5) is 0 Å². The van der Waals surface area contributed by atoms with Gasteiger partial charge in [0.15, 0.2) is 0 Å². The van der Waals surface area contributed by atoms with Gasteiger partial charge in [-0.1, -0.05) is 0 Å². The summed E-state index contributed by atoms with van der Waals surface area (Å²) in [5.74, 6) is 0.704. The van der Waals surface area contributed by atoms with Crippen LogP contribution in [0.1, 0.15) is 12.8 Å². The summed E-state index contributed by atoms with van der Waals surface area (Å²) in [6.45, 7) is 2.98. The molecule has 1 N–H and O–H groups in total. The van der Waals surface area contributed by atoms with Gasteiger partial charge in [-0.05, 0) is 12.8 Å². The zero-order valence-corrected chi connectivity index (χ0v) is 6.85. The maximum Gasteiger partial charge on any atom is 0.0564 e. The minimum absolute atomic E-state index is 0.0634. The summed E-state index contributed by atoms with van der Waals surface area (Å²) >= 11 is 5.57. The molecule has 10 heavy (non-hydrogen) atoms. The second-order valence-corrected chi connectivity index (χ2v) is 3.14. The molecule has 0 atom stereocenters. The van der Waals surface area contributed by atoms with E-state index in [0.717, 1.165) is 32.5 Å². The molecule has 2 nitrogen and oxygen atoms in total. The lowest BCUT2D eigenvalue weighted by molar-refractivity contribution is 0.0856. The van der Waals surface area contributed by atoms with Crippen molar-refractivity contribution in [2.24, 2.45) is 0 Å². The highest BCUT2D eigenvalue weighted by Crippen LogP contribution is 2.08. The van der Waals surface area contributed by atoms with Crippen LogP contribution in [-0.4, -0.2) is 41.6 Å². The monoisotopic (exact) mass is 163 g/mol. The van der Waals surface area contributed by atoms with E-state index in [-0.39, 0.29) is 6.10 Å². The number of nitrogens with zero attached hydrogens (tertiary/aromatic N) is 1. The highest BCUT2D eigenvalue weighted by molar-refractivity contribution is 6.18. The van der Waals surface area contributed by atoms with E-state index < -0.39 is 0 Å². The van der Waals surface area contributed by atoms with E-state index in [9.17, 15) is 0 Å². The van der Waals surface area contributed by atoms with Gasteiger partial charge in [0.1, 0.15) is 0 Å². The quantitative estimate of drug-likeness (QED) is 0.606. The number of aliphatic hydroxyl groups excluding tert-OH is 1. The van der Waals surface area contributed by atoms with E-state index in [4.69, 9.17) is 16.7 Å². The topological polar surface area (TPSA) is 23.5 Å². The molecule has 0 aromatic rings. The highest BCUT2D eigenvalue weighted by atomic mass is 35.5. The summed E-state index contributed by atoms with van der Waals surface area (Å²) in [4.78, 5) is 2.29. The molecule has 0 spiro atoms. The molecule has 0 aromatic carbocycles. The van der Waals surface area contributed by atoms with Crippen molar-refractivity contribution in [2.45, 2.75) is 18.9 Å². The number of piperidine rings is 1. The first-order valence-electron chi connectivity index (χ1n) is 3.79. The Balaban J connectivity index is 2.13. The molecule has 1 rings (SSSR count). The Hall–Kier alpha value is 0.210. The van der Waals surface area contributed by atoms with Gasteiger partial charge < -0.3 is 10.0 Å². The highest BCUT2D eigenvalue weighted by Gasteiger charge is 2.15. The fourth-order valence-electron chi connectivity index (χ4n) is 1.26. The predicted octanol–water partition coefficient (Wildman–Crippen LogP) is 0.682. The Kier molecular flexibility index (Phi) is 3.46. The Morgan fingerprint density at radius 1 is 1.40 bits per heavy atom. The van der Waals surface area contributed by atoms with E-state index in [0.29, 0.717) is 5.88 Å². The maximum absolute atomic E-state index is 9.14. The van der Waals surface area contributed by atoms with Crippen LogP contribution in [0, 0.1) is 0 Å². The fourth-order valence-corrected chi connectivity index (χ4v) is 1.50. The second kappa shape index (κ2) is 4.16. The van der Waals surface area contributed by atoms with E-state index in [1.54, 1.807) is 0 Å². The number of rotatable bonds is 2. The van der Waals surface area contributed by atoms with Crippen LogP contribution in [0.15, 0.2) is 0 Å². The molecule has 0 amide bonds. The Labute approximate surface area is 66.8 Å². The minimum Gasteiger partial charge on any atom is -0.393 e. The average Bonchev–Trinajstić information content (AvgIpc) is 1.95. The van der Waals surface area contributed by atoms with E-state index in [1.165, 1.54) is 0 Å². The maximum atomic E-state index is 9.14. The number of halogens is 1. The Morgan fingerprint density at radius 2 is 2.00 bits per heavy atom. The van der Waals surface area contributed by atoms with Crippen LogP contribution >= 0.6 is 11.6 Å². The van der Waals surface area contributed by atoms with Crippen molar-refractivity contribution in [2.75, 3.05) is 25.5 Å². The van der Waals surface area contributed by atoms with Crippen molar-refractivity contribution in [1.82, 2.24) is 4.90 Å². The van der Waals surface area contributed by atoms with Gasteiger partial charge in [0.05, 0.1) is 6.10 Å². The number of aliphatic hydroxyl groups is 1. The van der Waals surface area contributed by atoms with Crippen molar-refractivity contribution in [1.29, 1.82) is 0 Å². The van der Waals surface area contributed by atoms with Crippen LogP contribution in [0.5, 0.6) is 0 Å². The smallest absolute Gasteiger partial charge is 0.0564 e. The van der Waals surface area contributed by atoms with Crippen LogP contribution in [0.2, 0.25) is 0 Å². The van der Waals surface area contributed by atoms with Crippen LogP contribution in [-0.2, 0) is 0 Å². The molecule has 0 aliphatic carbocycles. The SMILES string of the molecule is OC1CCN(CCCl)CC1. The van der Waals surface area contributed by atoms with Gasteiger partial charge in [-0.15, -0.1) is 11.6 Å². The number of alkyl halides is 1. The largest absolute Gasteiger partial charge is 0.393 e. The first kappa shape index (κ1) is 8.31. The van der Waals surface area contributed by atoms with Crippen LogP contribution in [0.25, 0.3) is 0 Å². The molecule has 1 fully saturated rings. The van der Waals surface area contributed by atoms with Crippen molar-refractivity contribution in [3.8, 4) is 0 Å². The molecule has 1 saturated heterocycles. The summed E-state index contributed by atoms with van der Waals surface area (Å²) in [7, 11) is 0. The van der Waals surface area contributed by atoms with Crippen LogP contribution in [0.3, 0.4) is 0 Å². The zero-order chi connectivity index (χ0) is 7.40. The third kappa shape index (κ3) is 2.45. The Bertz CT molecular complexity index is 91.6. The molecule has 0 aromatic heterocycles. The van der Waals surface area contributed by atoms with Gasteiger partial charge in [0.2, 0.25) is 0 Å². The minimum atomic E-state index is -0.0634. The number of hydrogen-bond acceptors (Lipinski definition) is 2. The van der Waals surface area contributed by atoms with Gasteiger partial charge in [-0.3, -0.25) is 0 Å². The second-order valence-electron chi connectivity index (χ2n) is 2.76. The average molecular weight is 164 g/mol. The lowest BCUT2D eigenvalue weighted by Gasteiger charge is -2.28. The first-order valence-corrected chi connectivity index (χ1v) is 4.33. The third-order valence-electron chi connectivity index (χ3n) is 1.96. The first-order chi connectivity index (χ1) is 4.83. The molecule has 0 radical (unpaired) electrons. The number of hydrogen-bond donors (Lipinski definition) is 1. The van der Waals surface area contributed by atoms with Crippen molar-refractivity contribution in [3.05, 3.63) is 0 Å². The van der Waals surface area contributed by atoms with Gasteiger partial charge in [0.25, 0.3) is 0 Å². The lowest BCUT2D eigenvalue weighted by Crippen LogP contribution is -2.36. The standard InChI is InChI=1S/C7H14ClNO/c8-3-6-9-4-1-7(10)2-5-9/h7,10H,1-6H2. The zero-order valence-electron chi connectivity index (χ0n) is 6.09. The molecule has 0 saturated carbocycles. The molecule has 60 valence electrons. The van der Waals surface area contributed by atoms with Gasteiger partial charge >= 0.3 is 0 Å². The molecule has 1 aliphatic rings. The number of likely N-dealkylation sites (tertiary alicyclic amines) is 1. The summed E-state index contributed by atoms with van der Waals surface area (Å²) in [5, 5.41) is 9.14. The molecular formula is C7H14ClNO. The molecule has 1 aliphatic heterocycles. The Morgan fingerprint density at radius 3 is 2.50 bits per heavy atom. The van der Waals surface area contributed by atoms with Gasteiger partial charge in [-0.25, -0.2) is 0 Å². The van der Waals surface area contributed by atoms with Crippen molar-refractivity contribution in [3.63, 3.8) is 0 Å². The summed E-state index contributed by atoms with van der Waals surface area (Å²) in [6, 6.07) is 0. The normalized spacial score (nSPS) is 23.4. The molecular weight excluding hydrogens is 150 g/mol. The molecule has 3 heteroatoms. The van der Waals surface area contributed by atoms with Gasteiger partial charge in [-0.2, -0.15) is 0 Å². The third-order valence-corrected chi connectivity index (χ3v) is 2.13. The van der Waals surface area contributed by atoms with E-state index in [2.05, 4.69) is 4.90 Å². The van der Waals surface area contributed by atoms with E-state index in [1.807, 2.05) is 0 Å². The summed E-state index contributed by atoms with van der Waals surface area (Å²) in [6.07, 6.45) is 1.76. The van der Waals surface area contributed by atoms with E-state index >= 15 is 0 Å². The fraction of sp³-hybridized carbons (Fsp3) is 1.00. The summed E-state index contributed by atoms with van der Waals surface area (Å²) in [5.41, 5.74) is 0. The summed E-state index contributed by atoms with van der Waals surface area (Å²) < 4.78 is 0. The van der Waals surface area contributed by atoms with Gasteiger partial charge in [0, 0.05) is 25.5 Å². The predicted molar refractivity (Wildman–Crippen MR) is 42.4 cm³/mol. The lowest BCUT2D eigenvalue weighted by atomic mass is 10.1. The molecule has 0 bridgehead atoms. The van der Waals surface area contributed by atoms with Crippen molar-refractivity contribution < 1.29 is 5.11 Å². The van der Waals surface area contributed by atoms with Crippen molar-refractivity contribution >= 4 is 11.6 Å². The van der Waals surface area contributed by atoms with Crippen LogP contribution < -0.4 is 0 Å².